The molecule has 0 saturated heterocycles. The number of rotatable bonds is 4. The predicted molar refractivity (Wildman–Crippen MR) is 87.7 cm³/mol. The van der Waals surface area contributed by atoms with Gasteiger partial charge in [0.1, 0.15) is 0 Å². The van der Waals surface area contributed by atoms with Crippen LogP contribution in [-0.4, -0.2) is 18.3 Å². The molecule has 1 amide bonds. The molecule has 1 fully saturated rings. The fraction of sp³-hybridized carbons (Fsp3) is 0.533. The van der Waals surface area contributed by atoms with E-state index in [0.717, 1.165) is 17.3 Å². The summed E-state index contributed by atoms with van der Waals surface area (Å²) in [5, 5.41) is 3.47. The van der Waals surface area contributed by atoms with Crippen LogP contribution in [0.2, 0.25) is 5.02 Å². The molecule has 1 N–H and O–H groups in total. The van der Waals surface area contributed by atoms with E-state index in [2.05, 4.69) is 21.2 Å². The summed E-state index contributed by atoms with van der Waals surface area (Å²) in [6.07, 6.45) is 5.83. The Labute approximate surface area is 138 Å². The molecule has 0 bridgehead atoms. The minimum Gasteiger partial charge on any atom is -0.351 e. The lowest BCUT2D eigenvalue weighted by Gasteiger charge is -2.35. The average Bonchev–Trinajstić information content (AvgIpc) is 2.48. The maximum absolute atomic E-state index is 12.3. The molecular weight excluding hydrogens is 361 g/mol. The minimum absolute atomic E-state index is 0.0496. The second-order valence-electron chi connectivity index (χ2n) is 5.50. The number of benzene rings is 1. The zero-order chi connectivity index (χ0) is 14.6. The van der Waals surface area contributed by atoms with Crippen LogP contribution >= 0.6 is 39.1 Å². The number of alkyl halides is 1. The third-order valence-electron chi connectivity index (χ3n) is 3.99. The summed E-state index contributed by atoms with van der Waals surface area (Å²) < 4.78 is 0.844. The first-order valence-corrected chi connectivity index (χ1v) is 8.56. The number of carbonyl (C=O) groups excluding carboxylic acids is 1. The van der Waals surface area contributed by atoms with E-state index in [9.17, 15) is 4.79 Å². The Balaban J connectivity index is 2.02. The Bertz CT molecular complexity index is 487. The molecule has 1 aliphatic carbocycles. The second kappa shape index (κ2) is 7.15. The smallest absolute Gasteiger partial charge is 0.252 e. The van der Waals surface area contributed by atoms with E-state index in [4.69, 9.17) is 23.2 Å². The Hall–Kier alpha value is -0.250. The molecule has 2 rings (SSSR count). The minimum atomic E-state index is -0.133. The fourth-order valence-electron chi connectivity index (χ4n) is 2.69. The van der Waals surface area contributed by atoms with Gasteiger partial charge in [-0.1, -0.05) is 46.8 Å². The standard InChI is InChI=1S/C15H18BrCl2NO/c16-11-4-5-13(18)12(8-11)14(20)19-10-15(9-17)6-2-1-3-7-15/h4-5,8H,1-3,6-7,9-10H2,(H,19,20). The van der Waals surface area contributed by atoms with E-state index >= 15 is 0 Å². The molecule has 2 nitrogen and oxygen atoms in total. The van der Waals surface area contributed by atoms with Gasteiger partial charge in [-0.05, 0) is 31.0 Å². The highest BCUT2D eigenvalue weighted by atomic mass is 79.9. The molecular formula is C15H18BrCl2NO. The molecule has 1 aromatic carbocycles. The highest BCUT2D eigenvalue weighted by molar-refractivity contribution is 9.10. The van der Waals surface area contributed by atoms with Crippen LogP contribution in [0.3, 0.4) is 0 Å². The molecule has 0 atom stereocenters. The number of hydrogen-bond acceptors (Lipinski definition) is 1. The lowest BCUT2D eigenvalue weighted by molar-refractivity contribution is 0.0921. The lowest BCUT2D eigenvalue weighted by Crippen LogP contribution is -2.40. The monoisotopic (exact) mass is 377 g/mol. The number of nitrogens with one attached hydrogen (secondary N) is 1. The van der Waals surface area contributed by atoms with E-state index in [-0.39, 0.29) is 11.3 Å². The first-order valence-electron chi connectivity index (χ1n) is 6.86. The van der Waals surface area contributed by atoms with E-state index in [1.54, 1.807) is 12.1 Å². The van der Waals surface area contributed by atoms with E-state index in [1.165, 1.54) is 19.3 Å². The Kier molecular flexibility index (Phi) is 5.76. The third kappa shape index (κ3) is 3.90. The van der Waals surface area contributed by atoms with Gasteiger partial charge in [-0.15, -0.1) is 11.6 Å². The fourth-order valence-corrected chi connectivity index (χ4v) is 3.62. The summed E-state index contributed by atoms with van der Waals surface area (Å²) in [7, 11) is 0. The number of carbonyl (C=O) groups is 1. The molecule has 1 aliphatic rings. The van der Waals surface area contributed by atoms with Gasteiger partial charge in [0.15, 0.2) is 0 Å². The van der Waals surface area contributed by atoms with Gasteiger partial charge in [-0.3, -0.25) is 4.79 Å². The summed E-state index contributed by atoms with van der Waals surface area (Å²) in [6.45, 7) is 0.623. The van der Waals surface area contributed by atoms with Crippen molar-refractivity contribution >= 4 is 45.0 Å². The molecule has 5 heteroatoms. The van der Waals surface area contributed by atoms with Crippen LogP contribution in [0.5, 0.6) is 0 Å². The van der Waals surface area contributed by atoms with Crippen LogP contribution in [0.4, 0.5) is 0 Å². The van der Waals surface area contributed by atoms with Gasteiger partial charge in [0.2, 0.25) is 0 Å². The van der Waals surface area contributed by atoms with E-state index in [1.807, 2.05) is 6.07 Å². The zero-order valence-electron chi connectivity index (χ0n) is 11.2. The number of amides is 1. The van der Waals surface area contributed by atoms with Crippen molar-refractivity contribution in [2.75, 3.05) is 12.4 Å². The van der Waals surface area contributed by atoms with Crippen LogP contribution < -0.4 is 5.32 Å². The quantitative estimate of drug-likeness (QED) is 0.732. The van der Waals surface area contributed by atoms with Gasteiger partial charge in [0.25, 0.3) is 5.91 Å². The normalized spacial score (nSPS) is 17.8. The largest absolute Gasteiger partial charge is 0.351 e. The van der Waals surface area contributed by atoms with Gasteiger partial charge in [0.05, 0.1) is 10.6 Å². The highest BCUT2D eigenvalue weighted by Gasteiger charge is 2.31. The summed E-state index contributed by atoms with van der Waals surface area (Å²) in [5.74, 6) is 0.464. The second-order valence-corrected chi connectivity index (χ2v) is 7.09. The summed E-state index contributed by atoms with van der Waals surface area (Å²) in [4.78, 5) is 12.3. The van der Waals surface area contributed by atoms with Crippen molar-refractivity contribution in [3.63, 3.8) is 0 Å². The van der Waals surface area contributed by atoms with Gasteiger partial charge < -0.3 is 5.32 Å². The Morgan fingerprint density at radius 2 is 2.00 bits per heavy atom. The third-order valence-corrected chi connectivity index (χ3v) is 5.38. The van der Waals surface area contributed by atoms with Crippen molar-refractivity contribution in [3.05, 3.63) is 33.3 Å². The van der Waals surface area contributed by atoms with Crippen LogP contribution in [0.1, 0.15) is 42.5 Å². The van der Waals surface area contributed by atoms with Gasteiger partial charge in [-0.2, -0.15) is 0 Å². The van der Waals surface area contributed by atoms with Gasteiger partial charge >= 0.3 is 0 Å². The molecule has 110 valence electrons. The Morgan fingerprint density at radius 3 is 2.65 bits per heavy atom. The van der Waals surface area contributed by atoms with Crippen molar-refractivity contribution in [2.24, 2.45) is 5.41 Å². The SMILES string of the molecule is O=C(NCC1(CCl)CCCCC1)c1cc(Br)ccc1Cl. The van der Waals surface area contributed by atoms with Crippen molar-refractivity contribution in [1.82, 2.24) is 5.32 Å². The molecule has 20 heavy (non-hydrogen) atoms. The first kappa shape index (κ1) is 16.1. The molecule has 0 radical (unpaired) electrons. The van der Waals surface area contributed by atoms with Gasteiger partial charge in [0, 0.05) is 22.3 Å². The van der Waals surface area contributed by atoms with Crippen molar-refractivity contribution in [3.8, 4) is 0 Å². The lowest BCUT2D eigenvalue weighted by atomic mass is 9.75. The zero-order valence-corrected chi connectivity index (χ0v) is 14.3. The number of halogens is 3. The summed E-state index contributed by atoms with van der Waals surface area (Å²) in [5.41, 5.74) is 0.551. The van der Waals surface area contributed by atoms with E-state index < -0.39 is 0 Å². The molecule has 1 aromatic rings. The molecule has 0 unspecified atom stereocenters. The van der Waals surface area contributed by atoms with Gasteiger partial charge in [-0.25, -0.2) is 0 Å². The van der Waals surface area contributed by atoms with Crippen LogP contribution in [-0.2, 0) is 0 Å². The highest BCUT2D eigenvalue weighted by Crippen LogP contribution is 2.36. The van der Waals surface area contributed by atoms with Crippen molar-refractivity contribution in [2.45, 2.75) is 32.1 Å². The first-order chi connectivity index (χ1) is 9.56. The number of hydrogen-bond donors (Lipinski definition) is 1. The summed E-state index contributed by atoms with van der Waals surface area (Å²) in [6, 6.07) is 5.28. The summed E-state index contributed by atoms with van der Waals surface area (Å²) >= 11 is 15.6. The molecule has 0 spiro atoms. The maximum atomic E-state index is 12.3. The van der Waals surface area contributed by atoms with E-state index in [0.29, 0.717) is 23.0 Å². The molecule has 0 aliphatic heterocycles. The predicted octanol–water partition coefficient (Wildman–Crippen LogP) is 5.02. The van der Waals surface area contributed by atoms with Crippen LogP contribution in [0.25, 0.3) is 0 Å². The van der Waals surface area contributed by atoms with Crippen molar-refractivity contribution in [1.29, 1.82) is 0 Å². The maximum Gasteiger partial charge on any atom is 0.252 e. The Morgan fingerprint density at radius 1 is 1.30 bits per heavy atom. The topological polar surface area (TPSA) is 29.1 Å². The average molecular weight is 379 g/mol. The van der Waals surface area contributed by atoms with Crippen molar-refractivity contribution < 1.29 is 4.79 Å². The molecule has 0 heterocycles. The van der Waals surface area contributed by atoms with Crippen LogP contribution in [0.15, 0.2) is 22.7 Å². The van der Waals surface area contributed by atoms with Crippen LogP contribution in [0, 0.1) is 5.41 Å². The molecule has 0 aromatic heterocycles. The molecule has 1 saturated carbocycles.